The summed E-state index contributed by atoms with van der Waals surface area (Å²) in [5, 5.41) is 3.61. The molecule has 0 unspecified atom stereocenters. The maximum Gasteiger partial charge on any atom is 0.0219 e. The van der Waals surface area contributed by atoms with Crippen LogP contribution in [0.2, 0.25) is 0 Å². The van der Waals surface area contributed by atoms with Crippen molar-refractivity contribution in [2.24, 2.45) is 5.92 Å². The van der Waals surface area contributed by atoms with Gasteiger partial charge in [-0.05, 0) is 37.3 Å². The Balaban J connectivity index is 2.00. The molecule has 0 spiro atoms. The summed E-state index contributed by atoms with van der Waals surface area (Å²) in [7, 11) is 0. The zero-order chi connectivity index (χ0) is 12.3. The molecule has 1 fully saturated rings. The first-order valence-electron chi connectivity index (χ1n) is 6.61. The summed E-state index contributed by atoms with van der Waals surface area (Å²) in [6, 6.07) is 7.63. The molecule has 0 atom stereocenters. The van der Waals surface area contributed by atoms with Gasteiger partial charge in [0, 0.05) is 23.2 Å². The Bertz CT molecular complexity index is 369. The molecule has 0 radical (unpaired) electrons. The van der Waals surface area contributed by atoms with E-state index in [-0.39, 0.29) is 0 Å². The third kappa shape index (κ3) is 4.36. The number of hydrogen-bond acceptors (Lipinski definition) is 2. The first-order valence-corrected chi connectivity index (χ1v) is 7.59. The van der Waals surface area contributed by atoms with Crippen LogP contribution in [0.3, 0.4) is 0 Å². The number of thioether (sulfide) groups is 1. The van der Waals surface area contributed by atoms with Crippen molar-refractivity contribution in [3.63, 3.8) is 0 Å². The van der Waals surface area contributed by atoms with Crippen molar-refractivity contribution in [2.75, 3.05) is 5.75 Å². The van der Waals surface area contributed by atoms with Gasteiger partial charge in [0.25, 0.3) is 0 Å². The Labute approximate surface area is 109 Å². The smallest absolute Gasteiger partial charge is 0.0219 e. The minimum absolute atomic E-state index is 0.755. The second-order valence-electron chi connectivity index (χ2n) is 5.47. The highest BCUT2D eigenvalue weighted by Crippen LogP contribution is 2.27. The Kier molecular flexibility index (Phi) is 4.52. The highest BCUT2D eigenvalue weighted by atomic mass is 32.2. The maximum atomic E-state index is 3.61. The molecule has 1 saturated carbocycles. The van der Waals surface area contributed by atoms with E-state index in [4.69, 9.17) is 0 Å². The number of nitrogens with one attached hydrogen (secondary N) is 1. The summed E-state index contributed by atoms with van der Waals surface area (Å²) in [6.07, 6.45) is 2.72. The van der Waals surface area contributed by atoms with Gasteiger partial charge >= 0.3 is 0 Å². The Hall–Kier alpha value is -0.470. The molecule has 0 aromatic heterocycles. The lowest BCUT2D eigenvalue weighted by Crippen LogP contribution is -2.16. The fourth-order valence-corrected chi connectivity index (χ4v) is 2.78. The molecule has 0 saturated heterocycles. The quantitative estimate of drug-likeness (QED) is 0.765. The first-order chi connectivity index (χ1) is 8.15. The minimum Gasteiger partial charge on any atom is -0.310 e. The van der Waals surface area contributed by atoms with E-state index in [0.717, 1.165) is 18.5 Å². The van der Waals surface area contributed by atoms with Crippen LogP contribution in [0.15, 0.2) is 23.1 Å². The highest BCUT2D eigenvalue weighted by Gasteiger charge is 2.20. The van der Waals surface area contributed by atoms with Crippen molar-refractivity contribution in [3.05, 3.63) is 29.3 Å². The summed E-state index contributed by atoms with van der Waals surface area (Å²) >= 11 is 2.00. The van der Waals surface area contributed by atoms with E-state index < -0.39 is 0 Å². The van der Waals surface area contributed by atoms with Gasteiger partial charge in [-0.2, -0.15) is 0 Å². The van der Waals surface area contributed by atoms with Crippen molar-refractivity contribution in [3.8, 4) is 0 Å². The number of benzene rings is 1. The van der Waals surface area contributed by atoms with Crippen LogP contribution in [0.4, 0.5) is 0 Å². The number of rotatable bonds is 6. The fourth-order valence-electron chi connectivity index (χ4n) is 1.79. The Morgan fingerprint density at radius 2 is 2.12 bits per heavy atom. The van der Waals surface area contributed by atoms with Gasteiger partial charge in [0.1, 0.15) is 0 Å². The third-order valence-electron chi connectivity index (χ3n) is 2.95. The van der Waals surface area contributed by atoms with Gasteiger partial charge in [0.05, 0.1) is 0 Å². The second kappa shape index (κ2) is 5.92. The molecule has 1 aliphatic carbocycles. The van der Waals surface area contributed by atoms with E-state index in [2.05, 4.69) is 44.3 Å². The summed E-state index contributed by atoms with van der Waals surface area (Å²) in [6.45, 7) is 7.77. The normalized spacial score (nSPS) is 15.5. The Morgan fingerprint density at radius 3 is 2.76 bits per heavy atom. The molecular formula is C15H23NS. The predicted octanol–water partition coefficient (Wildman–Crippen LogP) is 4.00. The summed E-state index contributed by atoms with van der Waals surface area (Å²) < 4.78 is 0. The lowest BCUT2D eigenvalue weighted by Gasteiger charge is -2.12. The van der Waals surface area contributed by atoms with Crippen molar-refractivity contribution in [1.29, 1.82) is 0 Å². The van der Waals surface area contributed by atoms with Crippen molar-refractivity contribution in [1.82, 2.24) is 5.32 Å². The second-order valence-corrected chi connectivity index (χ2v) is 6.53. The van der Waals surface area contributed by atoms with E-state index in [0.29, 0.717) is 0 Å². The van der Waals surface area contributed by atoms with Gasteiger partial charge in [-0.1, -0.05) is 31.5 Å². The van der Waals surface area contributed by atoms with Crippen LogP contribution in [0.5, 0.6) is 0 Å². The van der Waals surface area contributed by atoms with E-state index in [9.17, 15) is 0 Å². The number of aryl methyl sites for hydroxylation is 1. The molecule has 2 rings (SSSR count). The molecule has 0 bridgehead atoms. The Morgan fingerprint density at radius 1 is 1.35 bits per heavy atom. The molecule has 1 aromatic rings. The van der Waals surface area contributed by atoms with Gasteiger partial charge in [-0.3, -0.25) is 0 Å². The summed E-state index contributed by atoms with van der Waals surface area (Å²) in [5.41, 5.74) is 2.84. The molecule has 1 N–H and O–H groups in total. The molecule has 0 amide bonds. The van der Waals surface area contributed by atoms with E-state index in [1.165, 1.54) is 34.6 Å². The molecule has 94 valence electrons. The van der Waals surface area contributed by atoms with E-state index >= 15 is 0 Å². The highest BCUT2D eigenvalue weighted by molar-refractivity contribution is 7.99. The first kappa shape index (κ1) is 13.0. The average molecular weight is 249 g/mol. The van der Waals surface area contributed by atoms with Crippen molar-refractivity contribution >= 4 is 11.8 Å². The molecule has 1 nitrogen and oxygen atoms in total. The molecular weight excluding hydrogens is 226 g/mol. The van der Waals surface area contributed by atoms with Crippen LogP contribution >= 0.6 is 11.8 Å². The maximum absolute atomic E-state index is 3.61. The largest absolute Gasteiger partial charge is 0.310 e. The van der Waals surface area contributed by atoms with E-state index in [1.54, 1.807) is 0 Å². The SMILES string of the molecule is Cc1ccc(SCC(C)C)c(CNC2CC2)c1. The van der Waals surface area contributed by atoms with Crippen LogP contribution in [0.1, 0.15) is 37.8 Å². The lowest BCUT2D eigenvalue weighted by molar-refractivity contribution is 0.679. The molecule has 17 heavy (non-hydrogen) atoms. The molecule has 0 heterocycles. The molecule has 2 heteroatoms. The zero-order valence-electron chi connectivity index (χ0n) is 11.1. The van der Waals surface area contributed by atoms with Gasteiger partial charge in [-0.25, -0.2) is 0 Å². The van der Waals surface area contributed by atoms with Gasteiger partial charge < -0.3 is 5.32 Å². The van der Waals surface area contributed by atoms with Crippen LogP contribution in [-0.4, -0.2) is 11.8 Å². The van der Waals surface area contributed by atoms with Crippen molar-refractivity contribution in [2.45, 2.75) is 51.1 Å². The van der Waals surface area contributed by atoms with Crippen LogP contribution in [0, 0.1) is 12.8 Å². The van der Waals surface area contributed by atoms with E-state index in [1.807, 2.05) is 11.8 Å². The van der Waals surface area contributed by atoms with Crippen LogP contribution < -0.4 is 5.32 Å². The average Bonchev–Trinajstić information content (AvgIpc) is 3.08. The fraction of sp³-hybridized carbons (Fsp3) is 0.600. The molecule has 1 aromatic carbocycles. The zero-order valence-corrected chi connectivity index (χ0v) is 11.9. The van der Waals surface area contributed by atoms with Gasteiger partial charge in [0.15, 0.2) is 0 Å². The topological polar surface area (TPSA) is 12.0 Å². The summed E-state index contributed by atoms with van der Waals surface area (Å²) in [5.74, 6) is 1.96. The van der Waals surface area contributed by atoms with Gasteiger partial charge in [-0.15, -0.1) is 11.8 Å². The van der Waals surface area contributed by atoms with Crippen LogP contribution in [0.25, 0.3) is 0 Å². The third-order valence-corrected chi connectivity index (χ3v) is 4.49. The van der Waals surface area contributed by atoms with Crippen LogP contribution in [-0.2, 0) is 6.54 Å². The van der Waals surface area contributed by atoms with Crippen molar-refractivity contribution < 1.29 is 0 Å². The standard InChI is InChI=1S/C15H23NS/c1-11(2)10-17-15-7-4-12(3)8-13(15)9-16-14-5-6-14/h4,7-8,11,14,16H,5-6,9-10H2,1-3H3. The predicted molar refractivity (Wildman–Crippen MR) is 76.6 cm³/mol. The molecule has 0 aliphatic heterocycles. The summed E-state index contributed by atoms with van der Waals surface area (Å²) in [4.78, 5) is 1.46. The monoisotopic (exact) mass is 249 g/mol. The molecule has 1 aliphatic rings. The lowest BCUT2D eigenvalue weighted by atomic mass is 10.1. The minimum atomic E-state index is 0.755. The number of hydrogen-bond donors (Lipinski definition) is 1. The van der Waals surface area contributed by atoms with Gasteiger partial charge in [0.2, 0.25) is 0 Å².